The molecule has 1 saturated carbocycles. The zero-order valence-corrected chi connectivity index (χ0v) is 7.87. The van der Waals surface area contributed by atoms with E-state index in [-0.39, 0.29) is 21.8 Å². The van der Waals surface area contributed by atoms with Crippen LogP contribution in [0.5, 0.6) is 0 Å². The molecule has 0 amide bonds. The van der Waals surface area contributed by atoms with Gasteiger partial charge in [0.05, 0.1) is 0 Å². The van der Waals surface area contributed by atoms with E-state index >= 15 is 0 Å². The number of hydrazone groups is 1. The SMILES string of the molecule is CC1C2CN3[I-]NN=C3C12. The minimum atomic E-state index is 0.0619. The van der Waals surface area contributed by atoms with Crippen molar-refractivity contribution in [2.75, 3.05) is 6.54 Å². The Morgan fingerprint density at radius 3 is 3.60 bits per heavy atom. The molecule has 2 fully saturated rings. The fourth-order valence-electron chi connectivity index (χ4n) is 2.01. The minimum absolute atomic E-state index is 0.0619. The van der Waals surface area contributed by atoms with Crippen LogP contribution in [0.4, 0.5) is 0 Å². The summed E-state index contributed by atoms with van der Waals surface area (Å²) in [4.78, 5) is 0. The first-order chi connectivity index (χ1) is 4.88. The van der Waals surface area contributed by atoms with Crippen LogP contribution in [-0.4, -0.2) is 15.5 Å². The number of rotatable bonds is 0. The number of nitrogens with one attached hydrogen (secondary N) is 1. The van der Waals surface area contributed by atoms with Crippen LogP contribution in [-0.2, 0) is 0 Å². The van der Waals surface area contributed by atoms with Crippen LogP contribution in [0.1, 0.15) is 6.92 Å². The van der Waals surface area contributed by atoms with Gasteiger partial charge in [-0.05, 0) is 0 Å². The van der Waals surface area contributed by atoms with Gasteiger partial charge in [0.1, 0.15) is 0 Å². The van der Waals surface area contributed by atoms with E-state index in [2.05, 4.69) is 18.8 Å². The average molecular weight is 250 g/mol. The summed E-state index contributed by atoms with van der Waals surface area (Å²) in [7, 11) is 0. The van der Waals surface area contributed by atoms with Crippen molar-refractivity contribution in [3.05, 3.63) is 0 Å². The van der Waals surface area contributed by atoms with E-state index in [1.165, 1.54) is 12.4 Å². The Hall–Kier alpha value is 0. The fourth-order valence-corrected chi connectivity index (χ4v) is 3.95. The average Bonchev–Trinajstić information content (AvgIpc) is 2.27. The van der Waals surface area contributed by atoms with Crippen molar-refractivity contribution in [2.45, 2.75) is 6.92 Å². The summed E-state index contributed by atoms with van der Waals surface area (Å²) < 4.78 is 5.59. The molecule has 1 N–H and O–H groups in total. The maximum atomic E-state index is 4.31. The number of hydrogen-bond donors (Lipinski definition) is 1. The number of fused-ring (bicyclic) bond motifs is 3. The van der Waals surface area contributed by atoms with Crippen LogP contribution in [0.25, 0.3) is 0 Å². The predicted molar refractivity (Wildman–Crippen MR) is 33.4 cm³/mol. The van der Waals surface area contributed by atoms with Crippen LogP contribution in [0.3, 0.4) is 0 Å². The van der Waals surface area contributed by atoms with Crippen molar-refractivity contribution in [3.63, 3.8) is 0 Å². The molecule has 3 aliphatic rings. The van der Waals surface area contributed by atoms with Crippen molar-refractivity contribution < 1.29 is 21.8 Å². The van der Waals surface area contributed by atoms with Crippen LogP contribution >= 0.6 is 0 Å². The molecule has 3 rings (SSSR count). The quantitative estimate of drug-likeness (QED) is 0.367. The van der Waals surface area contributed by atoms with Gasteiger partial charge in [0.2, 0.25) is 0 Å². The Labute approximate surface area is 70.8 Å². The van der Waals surface area contributed by atoms with Crippen molar-refractivity contribution in [1.29, 1.82) is 0 Å². The number of halogens is 1. The molecule has 0 bridgehead atoms. The van der Waals surface area contributed by atoms with E-state index in [9.17, 15) is 0 Å². The van der Waals surface area contributed by atoms with Gasteiger partial charge in [-0.2, -0.15) is 0 Å². The Bertz CT molecular complexity index is 215. The first kappa shape index (κ1) is 5.62. The number of hydrogen-bond acceptors (Lipinski definition) is 3. The first-order valence-corrected chi connectivity index (χ1v) is 5.66. The fraction of sp³-hybridized carbons (Fsp3) is 0.833. The molecule has 0 aromatic heterocycles. The van der Waals surface area contributed by atoms with Gasteiger partial charge in [-0.25, -0.2) is 0 Å². The molecule has 2 aliphatic heterocycles. The van der Waals surface area contributed by atoms with Gasteiger partial charge in [0.15, 0.2) is 0 Å². The van der Waals surface area contributed by atoms with Crippen LogP contribution in [0, 0.1) is 17.8 Å². The van der Waals surface area contributed by atoms with Crippen molar-refractivity contribution >= 4 is 5.84 Å². The summed E-state index contributed by atoms with van der Waals surface area (Å²) in [5, 5.41) is 4.31. The summed E-state index contributed by atoms with van der Waals surface area (Å²) in [5.74, 6) is 4.12. The standard InChI is InChI=1S/C6H9IN3/c1-3-4-2-10-6(5(3)4)8-9-7-10/h3-5,9H,2H2,1H3/q-1. The van der Waals surface area contributed by atoms with Crippen LogP contribution in [0.2, 0.25) is 0 Å². The van der Waals surface area contributed by atoms with Crippen molar-refractivity contribution in [2.24, 2.45) is 22.9 Å². The molecule has 0 spiro atoms. The Kier molecular flexibility index (Phi) is 0.898. The molecule has 1 saturated heterocycles. The van der Waals surface area contributed by atoms with E-state index in [0.717, 1.165) is 17.8 Å². The van der Waals surface area contributed by atoms with E-state index < -0.39 is 0 Å². The van der Waals surface area contributed by atoms with Crippen LogP contribution < -0.4 is 25.4 Å². The second kappa shape index (κ2) is 1.60. The number of piperidine rings is 1. The third-order valence-corrected chi connectivity index (χ3v) is 4.70. The summed E-state index contributed by atoms with van der Waals surface area (Å²) >= 11 is 0.0619. The normalized spacial score (nSPS) is 48.7. The van der Waals surface area contributed by atoms with Gasteiger partial charge >= 0.3 is 70.7 Å². The topological polar surface area (TPSA) is 27.6 Å². The van der Waals surface area contributed by atoms with E-state index in [4.69, 9.17) is 0 Å². The summed E-state index contributed by atoms with van der Waals surface area (Å²) in [5.41, 5.74) is 0. The van der Waals surface area contributed by atoms with Gasteiger partial charge in [-0.15, -0.1) is 0 Å². The number of nitrogens with zero attached hydrogens (tertiary/aromatic N) is 2. The van der Waals surface area contributed by atoms with Gasteiger partial charge in [0.25, 0.3) is 0 Å². The molecule has 3 atom stereocenters. The maximum absolute atomic E-state index is 4.31. The molecule has 10 heavy (non-hydrogen) atoms. The first-order valence-electron chi connectivity index (χ1n) is 3.62. The van der Waals surface area contributed by atoms with Gasteiger partial charge in [0, 0.05) is 0 Å². The monoisotopic (exact) mass is 250 g/mol. The summed E-state index contributed by atoms with van der Waals surface area (Å²) in [6.07, 6.45) is 0. The Morgan fingerprint density at radius 2 is 2.70 bits per heavy atom. The zero-order chi connectivity index (χ0) is 6.72. The summed E-state index contributed by atoms with van der Waals surface area (Å²) in [6, 6.07) is 0. The van der Waals surface area contributed by atoms with Crippen molar-refractivity contribution in [1.82, 2.24) is 6.75 Å². The van der Waals surface area contributed by atoms with E-state index in [0.29, 0.717) is 0 Å². The van der Waals surface area contributed by atoms with Gasteiger partial charge in [-0.3, -0.25) is 0 Å². The third-order valence-electron chi connectivity index (χ3n) is 2.78. The van der Waals surface area contributed by atoms with Gasteiger partial charge < -0.3 is 0 Å². The molecule has 3 unspecified atom stereocenters. The third kappa shape index (κ3) is 0.500. The molecular formula is C6H9IN3-. The molecule has 4 heteroatoms. The molecule has 0 aromatic rings. The van der Waals surface area contributed by atoms with Crippen molar-refractivity contribution in [3.8, 4) is 0 Å². The molecule has 56 valence electrons. The molecule has 2 heterocycles. The van der Waals surface area contributed by atoms with Crippen LogP contribution in [0.15, 0.2) is 5.10 Å². The Balaban J connectivity index is 1.96. The van der Waals surface area contributed by atoms with Gasteiger partial charge in [-0.1, -0.05) is 0 Å². The molecule has 1 aliphatic carbocycles. The zero-order valence-electron chi connectivity index (χ0n) is 5.71. The molecule has 0 radical (unpaired) electrons. The predicted octanol–water partition coefficient (Wildman–Crippen LogP) is -2.98. The number of amidine groups is 1. The molecular weight excluding hydrogens is 241 g/mol. The van der Waals surface area contributed by atoms with E-state index in [1.807, 2.05) is 0 Å². The second-order valence-corrected chi connectivity index (χ2v) is 5.36. The second-order valence-electron chi connectivity index (χ2n) is 3.23. The molecule has 3 nitrogen and oxygen atoms in total. The molecule has 0 aromatic carbocycles. The van der Waals surface area contributed by atoms with E-state index in [1.54, 1.807) is 0 Å². The summed E-state index contributed by atoms with van der Waals surface area (Å²) in [6.45, 7) is 3.64. The Morgan fingerprint density at radius 1 is 1.80 bits per heavy atom.